The third kappa shape index (κ3) is 8.29. The van der Waals surface area contributed by atoms with Gasteiger partial charge in [-0.05, 0) is 50.1 Å². The molecular formula is C19H28IN3O2. The molecule has 25 heavy (non-hydrogen) atoms. The number of rotatable bonds is 8. The Morgan fingerprint density at radius 2 is 1.92 bits per heavy atom. The number of halogens is 1. The average Bonchev–Trinajstić information content (AvgIpc) is 3.08. The standard InChI is InChI=1S/C19H27N3O2.HI/c1-15(2)22-19(21-13-11-18-5-4-14-24-18)20-12-10-16-6-8-17(23-3)9-7-16;/h4-9,14-15H,10-13H2,1-3H3,(H2,20,21,22);1H. The number of aliphatic imine (C=N–C) groups is 1. The third-order valence-electron chi connectivity index (χ3n) is 3.50. The van der Waals surface area contributed by atoms with Crippen molar-refractivity contribution in [2.24, 2.45) is 4.99 Å². The molecule has 0 aliphatic rings. The third-order valence-corrected chi connectivity index (χ3v) is 3.50. The second kappa shape index (κ2) is 11.8. The normalized spacial score (nSPS) is 11.1. The van der Waals surface area contributed by atoms with Crippen molar-refractivity contribution in [3.8, 4) is 5.75 Å². The number of nitrogens with zero attached hydrogens (tertiary/aromatic N) is 1. The lowest BCUT2D eigenvalue weighted by Crippen LogP contribution is -2.42. The second-order valence-electron chi connectivity index (χ2n) is 5.88. The Hall–Kier alpha value is -1.70. The monoisotopic (exact) mass is 457 g/mol. The molecule has 1 heterocycles. The molecule has 0 aliphatic carbocycles. The molecule has 2 N–H and O–H groups in total. The number of furan rings is 1. The lowest BCUT2D eigenvalue weighted by molar-refractivity contribution is 0.414. The van der Waals surface area contributed by atoms with Gasteiger partial charge in [0.05, 0.1) is 13.4 Å². The van der Waals surface area contributed by atoms with Gasteiger partial charge in [0, 0.05) is 25.6 Å². The number of hydrogen-bond donors (Lipinski definition) is 2. The Morgan fingerprint density at radius 3 is 2.52 bits per heavy atom. The molecule has 0 bridgehead atoms. The summed E-state index contributed by atoms with van der Waals surface area (Å²) in [6, 6.07) is 12.4. The summed E-state index contributed by atoms with van der Waals surface area (Å²) < 4.78 is 10.5. The van der Waals surface area contributed by atoms with Crippen molar-refractivity contribution in [3.63, 3.8) is 0 Å². The van der Waals surface area contributed by atoms with Gasteiger partial charge in [-0.2, -0.15) is 0 Å². The van der Waals surface area contributed by atoms with Gasteiger partial charge in [-0.1, -0.05) is 12.1 Å². The first-order chi connectivity index (χ1) is 11.7. The first-order valence-electron chi connectivity index (χ1n) is 8.37. The Bertz CT molecular complexity index is 610. The summed E-state index contributed by atoms with van der Waals surface area (Å²) in [7, 11) is 1.68. The van der Waals surface area contributed by atoms with Crippen molar-refractivity contribution in [2.75, 3.05) is 20.2 Å². The number of guanidine groups is 1. The van der Waals surface area contributed by atoms with Crippen molar-refractivity contribution >= 4 is 29.9 Å². The van der Waals surface area contributed by atoms with E-state index in [1.807, 2.05) is 24.3 Å². The minimum absolute atomic E-state index is 0. The fourth-order valence-electron chi connectivity index (χ4n) is 2.28. The molecule has 0 saturated heterocycles. The molecule has 0 radical (unpaired) electrons. The summed E-state index contributed by atoms with van der Waals surface area (Å²) in [5.74, 6) is 2.68. The minimum atomic E-state index is 0. The van der Waals surface area contributed by atoms with Crippen LogP contribution in [0.2, 0.25) is 0 Å². The van der Waals surface area contributed by atoms with Crippen LogP contribution < -0.4 is 15.4 Å². The van der Waals surface area contributed by atoms with E-state index < -0.39 is 0 Å². The van der Waals surface area contributed by atoms with Gasteiger partial charge < -0.3 is 19.8 Å². The van der Waals surface area contributed by atoms with Crippen LogP contribution in [0.5, 0.6) is 5.75 Å². The average molecular weight is 457 g/mol. The van der Waals surface area contributed by atoms with Crippen LogP contribution in [-0.4, -0.2) is 32.2 Å². The Balaban J connectivity index is 0.00000312. The van der Waals surface area contributed by atoms with Gasteiger partial charge in [-0.25, -0.2) is 0 Å². The van der Waals surface area contributed by atoms with Gasteiger partial charge in [0.1, 0.15) is 11.5 Å². The molecular weight excluding hydrogens is 429 g/mol. The summed E-state index contributed by atoms with van der Waals surface area (Å²) in [6.45, 7) is 5.73. The molecule has 0 atom stereocenters. The molecule has 0 unspecified atom stereocenters. The van der Waals surface area contributed by atoms with Gasteiger partial charge in [0.15, 0.2) is 5.96 Å². The Kier molecular flexibility index (Phi) is 10.1. The zero-order valence-corrected chi connectivity index (χ0v) is 17.4. The number of methoxy groups -OCH3 is 1. The summed E-state index contributed by atoms with van der Waals surface area (Å²) in [5.41, 5.74) is 1.27. The fourth-order valence-corrected chi connectivity index (χ4v) is 2.28. The summed E-state index contributed by atoms with van der Waals surface area (Å²) in [6.07, 6.45) is 3.43. The van der Waals surface area contributed by atoms with Gasteiger partial charge in [0.25, 0.3) is 0 Å². The van der Waals surface area contributed by atoms with Crippen LogP contribution in [0.4, 0.5) is 0 Å². The smallest absolute Gasteiger partial charge is 0.191 e. The highest BCUT2D eigenvalue weighted by atomic mass is 127. The highest BCUT2D eigenvalue weighted by Gasteiger charge is 2.02. The molecule has 0 aliphatic heterocycles. The van der Waals surface area contributed by atoms with Gasteiger partial charge >= 0.3 is 0 Å². The van der Waals surface area contributed by atoms with E-state index in [2.05, 4.69) is 41.6 Å². The Morgan fingerprint density at radius 1 is 1.16 bits per heavy atom. The molecule has 0 fully saturated rings. The van der Waals surface area contributed by atoms with Crippen LogP contribution >= 0.6 is 24.0 Å². The molecule has 6 heteroatoms. The fraction of sp³-hybridized carbons (Fsp3) is 0.421. The van der Waals surface area contributed by atoms with Crippen LogP contribution in [0.25, 0.3) is 0 Å². The number of hydrogen-bond acceptors (Lipinski definition) is 3. The number of nitrogens with one attached hydrogen (secondary N) is 2. The van der Waals surface area contributed by atoms with Crippen molar-refractivity contribution in [1.29, 1.82) is 0 Å². The van der Waals surface area contributed by atoms with E-state index in [0.29, 0.717) is 12.6 Å². The quantitative estimate of drug-likeness (QED) is 0.361. The van der Waals surface area contributed by atoms with E-state index in [4.69, 9.17) is 9.15 Å². The zero-order chi connectivity index (χ0) is 17.2. The first kappa shape index (κ1) is 21.3. The number of benzene rings is 1. The van der Waals surface area contributed by atoms with Crippen LogP contribution in [0.15, 0.2) is 52.1 Å². The topological polar surface area (TPSA) is 58.8 Å². The maximum atomic E-state index is 5.33. The summed E-state index contributed by atoms with van der Waals surface area (Å²) >= 11 is 0. The maximum Gasteiger partial charge on any atom is 0.191 e. The molecule has 1 aromatic heterocycles. The molecule has 0 amide bonds. The van der Waals surface area contributed by atoms with Gasteiger partial charge in [-0.15, -0.1) is 24.0 Å². The molecule has 138 valence electrons. The van der Waals surface area contributed by atoms with E-state index in [-0.39, 0.29) is 24.0 Å². The SMILES string of the molecule is COc1ccc(CCNC(=NCCc2ccco2)NC(C)C)cc1.I. The molecule has 5 nitrogen and oxygen atoms in total. The summed E-state index contributed by atoms with van der Waals surface area (Å²) in [5, 5.41) is 6.74. The lowest BCUT2D eigenvalue weighted by Gasteiger charge is -2.15. The van der Waals surface area contributed by atoms with Crippen molar-refractivity contribution in [3.05, 3.63) is 54.0 Å². The van der Waals surface area contributed by atoms with Gasteiger partial charge in [-0.3, -0.25) is 4.99 Å². The van der Waals surface area contributed by atoms with Crippen molar-refractivity contribution in [2.45, 2.75) is 32.7 Å². The first-order valence-corrected chi connectivity index (χ1v) is 8.37. The van der Waals surface area contributed by atoms with E-state index in [9.17, 15) is 0 Å². The zero-order valence-electron chi connectivity index (χ0n) is 15.1. The van der Waals surface area contributed by atoms with Crippen molar-refractivity contribution < 1.29 is 9.15 Å². The van der Waals surface area contributed by atoms with E-state index >= 15 is 0 Å². The van der Waals surface area contributed by atoms with Crippen molar-refractivity contribution in [1.82, 2.24) is 10.6 Å². The minimum Gasteiger partial charge on any atom is -0.497 e. The molecule has 2 aromatic rings. The predicted molar refractivity (Wildman–Crippen MR) is 113 cm³/mol. The highest BCUT2D eigenvalue weighted by Crippen LogP contribution is 2.11. The highest BCUT2D eigenvalue weighted by molar-refractivity contribution is 14.0. The Labute approximate surface area is 167 Å². The molecule has 2 rings (SSSR count). The van der Waals surface area contributed by atoms with Gasteiger partial charge in [0.2, 0.25) is 0 Å². The molecule has 0 spiro atoms. The van der Waals surface area contributed by atoms with Crippen LogP contribution in [-0.2, 0) is 12.8 Å². The van der Waals surface area contributed by atoms with E-state index in [0.717, 1.165) is 36.9 Å². The second-order valence-corrected chi connectivity index (χ2v) is 5.88. The van der Waals surface area contributed by atoms with E-state index in [1.165, 1.54) is 5.56 Å². The maximum absolute atomic E-state index is 5.33. The molecule has 1 aromatic carbocycles. The summed E-state index contributed by atoms with van der Waals surface area (Å²) in [4.78, 5) is 4.61. The number of ether oxygens (including phenoxy) is 1. The predicted octanol–water partition coefficient (Wildman–Crippen LogP) is 3.64. The van der Waals surface area contributed by atoms with Crippen LogP contribution in [0.1, 0.15) is 25.2 Å². The van der Waals surface area contributed by atoms with Crippen LogP contribution in [0.3, 0.4) is 0 Å². The van der Waals surface area contributed by atoms with E-state index in [1.54, 1.807) is 13.4 Å². The largest absolute Gasteiger partial charge is 0.497 e. The lowest BCUT2D eigenvalue weighted by atomic mass is 10.1. The molecule has 0 saturated carbocycles. The van der Waals surface area contributed by atoms with Crippen LogP contribution in [0, 0.1) is 0 Å².